The van der Waals surface area contributed by atoms with Crippen molar-refractivity contribution >= 4 is 27.9 Å². The first kappa shape index (κ1) is 13.6. The van der Waals surface area contributed by atoms with Gasteiger partial charge in [0.05, 0.1) is 5.60 Å². The molecule has 3 nitrogen and oxygen atoms in total. The third-order valence-corrected chi connectivity index (χ3v) is 4.11. The molecule has 1 aliphatic heterocycles. The van der Waals surface area contributed by atoms with Crippen LogP contribution in [0.15, 0.2) is 22.7 Å². The van der Waals surface area contributed by atoms with Crippen LogP contribution in [0, 0.1) is 0 Å². The zero-order chi connectivity index (χ0) is 13.2. The summed E-state index contributed by atoms with van der Waals surface area (Å²) < 4.78 is 6.59. The van der Waals surface area contributed by atoms with Gasteiger partial charge in [-0.05, 0) is 38.0 Å². The lowest BCUT2D eigenvalue weighted by Gasteiger charge is -2.41. The number of aldehydes is 1. The molecule has 0 N–H and O–H groups in total. The minimum atomic E-state index is -0.124. The summed E-state index contributed by atoms with van der Waals surface area (Å²) in [6.07, 6.45) is 3.06. The molecule has 0 aliphatic carbocycles. The minimum Gasteiger partial charge on any atom is -0.377 e. The average molecular weight is 312 g/mol. The van der Waals surface area contributed by atoms with Gasteiger partial charge in [0.25, 0.3) is 0 Å². The Bertz CT molecular complexity index is 449. The Morgan fingerprint density at radius 1 is 1.50 bits per heavy atom. The second-order valence-corrected chi connectivity index (χ2v) is 5.92. The van der Waals surface area contributed by atoms with E-state index in [4.69, 9.17) is 4.74 Å². The van der Waals surface area contributed by atoms with Crippen molar-refractivity contribution in [1.29, 1.82) is 0 Å². The number of hydrogen-bond acceptors (Lipinski definition) is 3. The lowest BCUT2D eigenvalue weighted by molar-refractivity contribution is -0.00468. The molecular weight excluding hydrogens is 294 g/mol. The van der Waals surface area contributed by atoms with Gasteiger partial charge in [0.15, 0.2) is 6.29 Å². The van der Waals surface area contributed by atoms with Crippen molar-refractivity contribution in [1.82, 2.24) is 0 Å². The monoisotopic (exact) mass is 311 g/mol. The number of anilines is 1. The summed E-state index contributed by atoms with van der Waals surface area (Å²) in [6, 6.07) is 5.75. The normalized spacial score (nSPS) is 24.1. The van der Waals surface area contributed by atoms with Crippen LogP contribution in [0.2, 0.25) is 0 Å². The number of carbonyl (C=O) groups is 1. The van der Waals surface area contributed by atoms with Gasteiger partial charge in [-0.25, -0.2) is 0 Å². The van der Waals surface area contributed by atoms with Gasteiger partial charge in [-0.2, -0.15) is 0 Å². The fraction of sp³-hybridized carbons (Fsp3) is 0.500. The second kappa shape index (κ2) is 5.41. The fourth-order valence-corrected chi connectivity index (χ4v) is 2.82. The smallest absolute Gasteiger partial charge is 0.152 e. The number of ether oxygens (including phenoxy) is 1. The molecule has 0 radical (unpaired) electrons. The standard InChI is InChI=1S/C14H18BrNO2/c1-14(18-2)6-3-7-16(10-14)13-8-12(15)5-4-11(13)9-17/h4-5,8-9H,3,6-7,10H2,1-2H3. The highest BCUT2D eigenvalue weighted by molar-refractivity contribution is 9.10. The van der Waals surface area contributed by atoms with Gasteiger partial charge in [0.2, 0.25) is 0 Å². The van der Waals surface area contributed by atoms with Crippen LogP contribution < -0.4 is 4.90 Å². The van der Waals surface area contributed by atoms with Gasteiger partial charge in [-0.3, -0.25) is 4.79 Å². The number of rotatable bonds is 3. The summed E-state index contributed by atoms with van der Waals surface area (Å²) in [4.78, 5) is 13.4. The number of benzene rings is 1. The Kier molecular flexibility index (Phi) is 4.07. The number of piperidine rings is 1. The molecule has 1 fully saturated rings. The molecular formula is C14H18BrNO2. The predicted molar refractivity (Wildman–Crippen MR) is 76.4 cm³/mol. The van der Waals surface area contributed by atoms with Crippen LogP contribution in [0.3, 0.4) is 0 Å². The van der Waals surface area contributed by atoms with Gasteiger partial charge in [-0.1, -0.05) is 15.9 Å². The van der Waals surface area contributed by atoms with Gasteiger partial charge < -0.3 is 9.64 Å². The van der Waals surface area contributed by atoms with Crippen LogP contribution in [-0.4, -0.2) is 32.1 Å². The largest absolute Gasteiger partial charge is 0.377 e. The quantitative estimate of drug-likeness (QED) is 0.802. The van der Waals surface area contributed by atoms with Crippen LogP contribution in [0.5, 0.6) is 0 Å². The average Bonchev–Trinajstić information content (AvgIpc) is 2.39. The molecule has 0 saturated carbocycles. The third-order valence-electron chi connectivity index (χ3n) is 3.61. The van der Waals surface area contributed by atoms with Crippen molar-refractivity contribution < 1.29 is 9.53 Å². The highest BCUT2D eigenvalue weighted by Gasteiger charge is 2.31. The van der Waals surface area contributed by atoms with Gasteiger partial charge >= 0.3 is 0 Å². The van der Waals surface area contributed by atoms with Gasteiger partial charge in [0, 0.05) is 35.9 Å². The molecule has 4 heteroatoms. The Hall–Kier alpha value is -0.870. The van der Waals surface area contributed by atoms with E-state index in [-0.39, 0.29) is 5.60 Å². The molecule has 0 aromatic heterocycles. The van der Waals surface area contributed by atoms with Crippen molar-refractivity contribution in [2.45, 2.75) is 25.4 Å². The zero-order valence-electron chi connectivity index (χ0n) is 10.8. The van der Waals surface area contributed by atoms with E-state index in [0.29, 0.717) is 0 Å². The molecule has 1 atom stereocenters. The summed E-state index contributed by atoms with van der Waals surface area (Å²) in [7, 11) is 1.76. The summed E-state index contributed by atoms with van der Waals surface area (Å²) in [5, 5.41) is 0. The second-order valence-electron chi connectivity index (χ2n) is 5.00. The van der Waals surface area contributed by atoms with E-state index in [0.717, 1.165) is 47.9 Å². The third kappa shape index (κ3) is 2.75. The molecule has 1 heterocycles. The fourth-order valence-electron chi connectivity index (χ4n) is 2.47. The minimum absolute atomic E-state index is 0.124. The van der Waals surface area contributed by atoms with Crippen molar-refractivity contribution in [2.24, 2.45) is 0 Å². The molecule has 0 spiro atoms. The molecule has 1 aromatic carbocycles. The maximum atomic E-state index is 11.1. The van der Waals surface area contributed by atoms with E-state index >= 15 is 0 Å². The SMILES string of the molecule is COC1(C)CCCN(c2cc(Br)ccc2C=O)C1. The maximum absolute atomic E-state index is 11.1. The molecule has 1 saturated heterocycles. The Balaban J connectivity index is 2.30. The molecule has 1 unspecified atom stereocenters. The van der Waals surface area contributed by atoms with Gasteiger partial charge in [0.1, 0.15) is 0 Å². The highest BCUT2D eigenvalue weighted by Crippen LogP contribution is 2.31. The Morgan fingerprint density at radius 2 is 2.28 bits per heavy atom. The first-order valence-corrected chi connectivity index (χ1v) is 6.92. The van der Waals surface area contributed by atoms with Crippen LogP contribution in [0.25, 0.3) is 0 Å². The number of hydrogen-bond donors (Lipinski definition) is 0. The van der Waals surface area contributed by atoms with E-state index in [9.17, 15) is 4.79 Å². The molecule has 0 amide bonds. The summed E-state index contributed by atoms with van der Waals surface area (Å²) >= 11 is 3.46. The Labute approximate surface area is 116 Å². The van der Waals surface area contributed by atoms with E-state index in [2.05, 4.69) is 27.8 Å². The number of halogens is 1. The van der Waals surface area contributed by atoms with Crippen LogP contribution in [-0.2, 0) is 4.74 Å². The van der Waals surface area contributed by atoms with Crippen LogP contribution in [0.4, 0.5) is 5.69 Å². The topological polar surface area (TPSA) is 29.5 Å². The van der Waals surface area contributed by atoms with E-state index in [1.807, 2.05) is 18.2 Å². The first-order chi connectivity index (χ1) is 8.58. The molecule has 98 valence electrons. The molecule has 18 heavy (non-hydrogen) atoms. The van der Waals surface area contributed by atoms with Crippen molar-refractivity contribution in [3.8, 4) is 0 Å². The van der Waals surface area contributed by atoms with E-state index in [1.165, 1.54) is 0 Å². The van der Waals surface area contributed by atoms with Crippen LogP contribution >= 0.6 is 15.9 Å². The molecule has 2 rings (SSSR count). The molecule has 0 bridgehead atoms. The predicted octanol–water partition coefficient (Wildman–Crippen LogP) is 3.27. The summed E-state index contributed by atoms with van der Waals surface area (Å²) in [5.41, 5.74) is 1.60. The highest BCUT2D eigenvalue weighted by atomic mass is 79.9. The van der Waals surface area contributed by atoms with E-state index in [1.54, 1.807) is 7.11 Å². The van der Waals surface area contributed by atoms with Crippen LogP contribution in [0.1, 0.15) is 30.1 Å². The lowest BCUT2D eigenvalue weighted by atomic mass is 9.94. The van der Waals surface area contributed by atoms with Crippen molar-refractivity contribution in [3.63, 3.8) is 0 Å². The lowest BCUT2D eigenvalue weighted by Crippen LogP contribution is -2.47. The summed E-state index contributed by atoms with van der Waals surface area (Å²) in [5.74, 6) is 0. The number of methoxy groups -OCH3 is 1. The molecule has 1 aromatic rings. The van der Waals surface area contributed by atoms with Gasteiger partial charge in [-0.15, -0.1) is 0 Å². The van der Waals surface area contributed by atoms with E-state index < -0.39 is 0 Å². The number of carbonyl (C=O) groups excluding carboxylic acids is 1. The molecule has 1 aliphatic rings. The van der Waals surface area contributed by atoms with Crippen molar-refractivity contribution in [3.05, 3.63) is 28.2 Å². The first-order valence-electron chi connectivity index (χ1n) is 6.13. The maximum Gasteiger partial charge on any atom is 0.152 e. The summed E-state index contributed by atoms with van der Waals surface area (Å²) in [6.45, 7) is 3.91. The van der Waals surface area contributed by atoms with Crippen molar-refractivity contribution in [2.75, 3.05) is 25.1 Å². The Morgan fingerprint density at radius 3 is 2.94 bits per heavy atom. The number of nitrogens with zero attached hydrogens (tertiary/aromatic N) is 1. The zero-order valence-corrected chi connectivity index (χ0v) is 12.4.